The maximum Gasteiger partial charge on any atom is 0.0547 e. The molecular formula is C72H49N3. The van der Waals surface area contributed by atoms with Crippen molar-refractivity contribution >= 4 is 60.7 Å². The normalized spacial score (nSPS) is 11.5. The summed E-state index contributed by atoms with van der Waals surface area (Å²) in [4.78, 5) is 2.37. The van der Waals surface area contributed by atoms with E-state index in [2.05, 4.69) is 311 Å². The molecule has 12 aromatic carbocycles. The Labute approximate surface area is 436 Å². The summed E-state index contributed by atoms with van der Waals surface area (Å²) in [5.41, 5.74) is 22.1. The summed E-state index contributed by atoms with van der Waals surface area (Å²) >= 11 is 0. The van der Waals surface area contributed by atoms with Crippen LogP contribution in [0.4, 0.5) is 17.1 Å². The Balaban J connectivity index is 0.836. The number of rotatable bonds is 10. The zero-order chi connectivity index (χ0) is 49.7. The quantitative estimate of drug-likeness (QED) is 0.133. The fourth-order valence-corrected chi connectivity index (χ4v) is 11.3. The fraction of sp³-hybridized carbons (Fsp3) is 0. The molecule has 0 aliphatic heterocycles. The van der Waals surface area contributed by atoms with E-state index in [9.17, 15) is 0 Å². The highest BCUT2D eigenvalue weighted by Gasteiger charge is 2.18. The molecule has 0 radical (unpaired) electrons. The standard InChI is InChI=1S/C72H49N3/c1-4-16-50(17-5-1)57-46-58(51-18-6-2-7-19-51)48-59(47-57)55-34-41-63(42-35-55)73(61-37-28-52(29-38-61)53-30-43-64(44-31-53)74-69-25-13-10-22-65(69)66-23-11-14-26-70(66)74)62-39-32-54(33-40-62)56-36-45-68-67-24-12-15-27-71(67)75(72(68)49-56)60-20-8-3-9-21-60/h1-49H. The van der Waals surface area contributed by atoms with E-state index < -0.39 is 0 Å². The molecule has 0 aliphatic rings. The zero-order valence-corrected chi connectivity index (χ0v) is 41.1. The predicted octanol–water partition coefficient (Wildman–Crippen LogP) is 19.7. The molecule has 0 saturated heterocycles. The molecule has 0 unspecified atom stereocenters. The Bertz CT molecular complexity index is 4230. The Morgan fingerprint density at radius 2 is 0.480 bits per heavy atom. The van der Waals surface area contributed by atoms with Gasteiger partial charge in [-0.3, -0.25) is 0 Å². The average molecular weight is 956 g/mol. The molecule has 0 spiro atoms. The fourth-order valence-electron chi connectivity index (χ4n) is 11.3. The van der Waals surface area contributed by atoms with Crippen molar-refractivity contribution in [3.63, 3.8) is 0 Å². The van der Waals surface area contributed by atoms with Crippen LogP contribution in [-0.2, 0) is 0 Å². The maximum atomic E-state index is 2.39. The topological polar surface area (TPSA) is 13.1 Å². The first kappa shape index (κ1) is 43.8. The van der Waals surface area contributed by atoms with Crippen LogP contribution in [0.1, 0.15) is 0 Å². The zero-order valence-electron chi connectivity index (χ0n) is 41.1. The van der Waals surface area contributed by atoms with Crippen LogP contribution in [0.15, 0.2) is 297 Å². The third kappa shape index (κ3) is 7.95. The first-order chi connectivity index (χ1) is 37.2. The monoisotopic (exact) mass is 955 g/mol. The van der Waals surface area contributed by atoms with E-state index in [-0.39, 0.29) is 0 Å². The van der Waals surface area contributed by atoms with Crippen molar-refractivity contribution in [1.29, 1.82) is 0 Å². The molecule has 0 amide bonds. The molecule has 14 rings (SSSR count). The van der Waals surface area contributed by atoms with Gasteiger partial charge in [-0.15, -0.1) is 0 Å². The number of benzene rings is 12. The van der Waals surface area contributed by atoms with Crippen LogP contribution in [0.2, 0.25) is 0 Å². The molecule has 14 aromatic rings. The molecular weight excluding hydrogens is 907 g/mol. The van der Waals surface area contributed by atoms with Crippen molar-refractivity contribution in [2.75, 3.05) is 4.90 Å². The average Bonchev–Trinajstić information content (AvgIpc) is 4.01. The highest BCUT2D eigenvalue weighted by molar-refractivity contribution is 6.11. The third-order valence-corrected chi connectivity index (χ3v) is 14.9. The van der Waals surface area contributed by atoms with Gasteiger partial charge in [0.1, 0.15) is 0 Å². The van der Waals surface area contributed by atoms with Crippen LogP contribution in [0.3, 0.4) is 0 Å². The summed E-state index contributed by atoms with van der Waals surface area (Å²) < 4.78 is 4.76. The van der Waals surface area contributed by atoms with Crippen molar-refractivity contribution < 1.29 is 0 Å². The van der Waals surface area contributed by atoms with Crippen LogP contribution >= 0.6 is 0 Å². The van der Waals surface area contributed by atoms with E-state index in [1.807, 2.05) is 0 Å². The molecule has 75 heavy (non-hydrogen) atoms. The van der Waals surface area contributed by atoms with Crippen LogP contribution in [0, 0.1) is 0 Å². The van der Waals surface area contributed by atoms with Gasteiger partial charge in [0.15, 0.2) is 0 Å². The minimum Gasteiger partial charge on any atom is -0.311 e. The lowest BCUT2D eigenvalue weighted by Gasteiger charge is -2.26. The van der Waals surface area contributed by atoms with Gasteiger partial charge in [-0.2, -0.15) is 0 Å². The second-order valence-corrected chi connectivity index (χ2v) is 19.3. The first-order valence-electron chi connectivity index (χ1n) is 25.7. The van der Waals surface area contributed by atoms with Crippen molar-refractivity contribution in [1.82, 2.24) is 9.13 Å². The lowest BCUT2D eigenvalue weighted by atomic mass is 9.93. The molecule has 0 atom stereocenters. The van der Waals surface area contributed by atoms with Gasteiger partial charge in [-0.25, -0.2) is 0 Å². The van der Waals surface area contributed by atoms with Crippen molar-refractivity contribution in [2.24, 2.45) is 0 Å². The molecule has 352 valence electrons. The molecule has 3 heteroatoms. The van der Waals surface area contributed by atoms with Crippen LogP contribution in [0.25, 0.3) is 111 Å². The number of aromatic nitrogens is 2. The Morgan fingerprint density at radius 3 is 0.920 bits per heavy atom. The second kappa shape index (κ2) is 18.6. The lowest BCUT2D eigenvalue weighted by molar-refractivity contribution is 1.18. The first-order valence-corrected chi connectivity index (χ1v) is 25.7. The van der Waals surface area contributed by atoms with Gasteiger partial charge in [-0.05, 0) is 159 Å². The highest BCUT2D eigenvalue weighted by atomic mass is 15.1. The number of anilines is 3. The molecule has 0 saturated carbocycles. The van der Waals surface area contributed by atoms with Crippen molar-refractivity contribution in [2.45, 2.75) is 0 Å². The number of hydrogen-bond donors (Lipinski definition) is 0. The number of nitrogens with zero attached hydrogens (tertiary/aromatic N) is 3. The van der Waals surface area contributed by atoms with Gasteiger partial charge >= 0.3 is 0 Å². The lowest BCUT2D eigenvalue weighted by Crippen LogP contribution is -2.09. The highest BCUT2D eigenvalue weighted by Crippen LogP contribution is 2.41. The maximum absolute atomic E-state index is 2.39. The second-order valence-electron chi connectivity index (χ2n) is 19.3. The molecule has 3 nitrogen and oxygen atoms in total. The summed E-state index contributed by atoms with van der Waals surface area (Å²) in [7, 11) is 0. The van der Waals surface area contributed by atoms with Crippen molar-refractivity contribution in [3.05, 3.63) is 297 Å². The number of hydrogen-bond acceptors (Lipinski definition) is 1. The Hall–Kier alpha value is -9.96. The van der Waals surface area contributed by atoms with Gasteiger partial charge in [0.05, 0.1) is 22.1 Å². The summed E-state index contributed by atoms with van der Waals surface area (Å²) in [5, 5.41) is 5.03. The van der Waals surface area contributed by atoms with E-state index in [4.69, 9.17) is 0 Å². The summed E-state index contributed by atoms with van der Waals surface area (Å²) in [6.07, 6.45) is 0. The molecule has 0 bridgehead atoms. The molecule has 0 fully saturated rings. The van der Waals surface area contributed by atoms with Gasteiger partial charge in [-0.1, -0.05) is 194 Å². The van der Waals surface area contributed by atoms with E-state index >= 15 is 0 Å². The van der Waals surface area contributed by atoms with Gasteiger partial charge in [0.25, 0.3) is 0 Å². The smallest absolute Gasteiger partial charge is 0.0547 e. The summed E-state index contributed by atoms with van der Waals surface area (Å²) in [5.74, 6) is 0. The van der Waals surface area contributed by atoms with Gasteiger partial charge < -0.3 is 14.0 Å². The molecule has 2 aromatic heterocycles. The predicted molar refractivity (Wildman–Crippen MR) is 317 cm³/mol. The molecule has 0 aliphatic carbocycles. The molecule has 0 N–H and O–H groups in total. The Morgan fingerprint density at radius 1 is 0.187 bits per heavy atom. The minimum absolute atomic E-state index is 1.08. The van der Waals surface area contributed by atoms with Gasteiger partial charge in [0.2, 0.25) is 0 Å². The van der Waals surface area contributed by atoms with E-state index in [0.29, 0.717) is 0 Å². The van der Waals surface area contributed by atoms with Crippen molar-refractivity contribution in [3.8, 4) is 67.0 Å². The van der Waals surface area contributed by atoms with Crippen LogP contribution < -0.4 is 4.90 Å². The van der Waals surface area contributed by atoms with E-state index in [1.165, 1.54) is 82.6 Å². The Kier molecular flexibility index (Phi) is 10.8. The SMILES string of the molecule is c1ccc(-c2cc(-c3ccccc3)cc(-c3ccc(N(c4ccc(-c5ccc(-n6c7ccccc7c7ccccc76)cc5)cc4)c4ccc(-c5ccc6c7ccccc7n(-c7ccccc7)c6c5)cc4)cc3)c2)cc1. The number of para-hydroxylation sites is 4. The minimum atomic E-state index is 1.08. The van der Waals surface area contributed by atoms with E-state index in [1.54, 1.807) is 0 Å². The van der Waals surface area contributed by atoms with Crippen LogP contribution in [-0.4, -0.2) is 9.13 Å². The molecule has 2 heterocycles. The van der Waals surface area contributed by atoms with E-state index in [0.717, 1.165) is 45.1 Å². The summed E-state index contributed by atoms with van der Waals surface area (Å²) in [6.45, 7) is 0. The largest absolute Gasteiger partial charge is 0.311 e. The third-order valence-electron chi connectivity index (χ3n) is 14.9. The number of fused-ring (bicyclic) bond motifs is 6. The summed E-state index contributed by atoms with van der Waals surface area (Å²) in [6, 6.07) is 108. The van der Waals surface area contributed by atoms with Gasteiger partial charge in [0, 0.05) is 50.0 Å². The van der Waals surface area contributed by atoms with Crippen LogP contribution in [0.5, 0.6) is 0 Å².